The third-order valence-electron chi connectivity index (χ3n) is 4.00. The highest BCUT2D eigenvalue weighted by Crippen LogP contribution is 2.17. The molecule has 0 aliphatic rings. The molecule has 0 saturated carbocycles. The first-order chi connectivity index (χ1) is 10.6. The van der Waals surface area contributed by atoms with Gasteiger partial charge in [0.15, 0.2) is 5.78 Å². The fourth-order valence-corrected chi connectivity index (χ4v) is 2.16. The number of rotatable bonds is 8. The van der Waals surface area contributed by atoms with Gasteiger partial charge >= 0.3 is 0 Å². The molecule has 1 rings (SSSR count). The second-order valence-corrected chi connectivity index (χ2v) is 7.95. The van der Waals surface area contributed by atoms with Crippen molar-refractivity contribution in [3.63, 3.8) is 0 Å². The number of nitrogens with zero attached hydrogens (tertiary/aromatic N) is 3. The zero-order chi connectivity index (χ0) is 17.7. The monoisotopic (exact) mass is 323 g/mol. The number of ether oxygens (including phenoxy) is 1. The maximum atomic E-state index is 11.9. The summed E-state index contributed by atoms with van der Waals surface area (Å²) >= 11 is 0. The molecule has 1 aromatic rings. The lowest BCUT2D eigenvalue weighted by atomic mass is 9.91. The molecule has 1 aromatic heterocycles. The Kier molecular flexibility index (Phi) is 6.96. The molecule has 0 fully saturated rings. The van der Waals surface area contributed by atoms with E-state index in [1.54, 1.807) is 0 Å². The van der Waals surface area contributed by atoms with Crippen LogP contribution in [0.4, 0.5) is 0 Å². The third-order valence-corrected chi connectivity index (χ3v) is 4.00. The number of aryl methyl sites for hydroxylation is 1. The van der Waals surface area contributed by atoms with Crippen LogP contribution in [-0.2, 0) is 22.6 Å². The molecule has 0 aliphatic heterocycles. The van der Waals surface area contributed by atoms with E-state index in [0.717, 1.165) is 25.5 Å². The second kappa shape index (κ2) is 8.06. The van der Waals surface area contributed by atoms with Gasteiger partial charge in [-0.05, 0) is 27.7 Å². The smallest absolute Gasteiger partial charge is 0.163 e. The topological polar surface area (TPSA) is 47.4 Å². The highest BCUT2D eigenvalue weighted by Gasteiger charge is 2.24. The van der Waals surface area contributed by atoms with E-state index in [1.165, 1.54) is 0 Å². The highest BCUT2D eigenvalue weighted by molar-refractivity contribution is 5.84. The van der Waals surface area contributed by atoms with Crippen LogP contribution in [0.15, 0.2) is 12.4 Å². The van der Waals surface area contributed by atoms with Gasteiger partial charge in [0, 0.05) is 36.4 Å². The maximum absolute atomic E-state index is 11.9. The minimum atomic E-state index is -0.338. The number of hydrogen-bond donors (Lipinski definition) is 0. The molecule has 0 saturated heterocycles. The molecule has 0 atom stereocenters. The number of ketones is 1. The zero-order valence-electron chi connectivity index (χ0n) is 15.8. The van der Waals surface area contributed by atoms with Crippen molar-refractivity contribution in [1.82, 2.24) is 14.5 Å². The van der Waals surface area contributed by atoms with Crippen LogP contribution in [0, 0.1) is 5.41 Å². The van der Waals surface area contributed by atoms with Gasteiger partial charge in [0.1, 0.15) is 12.4 Å². The number of imidazole rings is 1. The van der Waals surface area contributed by atoms with Crippen molar-refractivity contribution in [3.8, 4) is 0 Å². The predicted octanol–water partition coefficient (Wildman–Crippen LogP) is 3.14. The molecule has 0 radical (unpaired) electrons. The van der Waals surface area contributed by atoms with Crippen molar-refractivity contribution in [1.29, 1.82) is 0 Å². The number of Topliss-reactive ketones (excluding diaryl/α,β-unsaturated/α-hetero) is 1. The summed E-state index contributed by atoms with van der Waals surface area (Å²) in [4.78, 5) is 18.7. The van der Waals surface area contributed by atoms with Gasteiger partial charge in [-0.25, -0.2) is 4.98 Å². The Bertz CT molecular complexity index is 495. The first-order valence-corrected chi connectivity index (χ1v) is 8.41. The van der Waals surface area contributed by atoms with Crippen LogP contribution >= 0.6 is 0 Å². The Morgan fingerprint density at radius 2 is 1.91 bits per heavy atom. The SMILES string of the molecule is CCn1ccnc1CN(CCOCC(=O)C(C)(C)C)C(C)(C)C. The van der Waals surface area contributed by atoms with Gasteiger partial charge in [-0.2, -0.15) is 0 Å². The van der Waals surface area contributed by atoms with Crippen LogP contribution in [0.1, 0.15) is 54.3 Å². The Hall–Kier alpha value is -1.20. The fraction of sp³-hybridized carbons (Fsp3) is 0.778. The lowest BCUT2D eigenvalue weighted by Crippen LogP contribution is -2.43. The van der Waals surface area contributed by atoms with Gasteiger partial charge in [-0.15, -0.1) is 0 Å². The van der Waals surface area contributed by atoms with E-state index < -0.39 is 0 Å². The van der Waals surface area contributed by atoms with E-state index in [2.05, 4.69) is 42.1 Å². The molecule has 0 N–H and O–H groups in total. The van der Waals surface area contributed by atoms with E-state index >= 15 is 0 Å². The third kappa shape index (κ3) is 6.43. The van der Waals surface area contributed by atoms with Crippen LogP contribution in [0.3, 0.4) is 0 Å². The van der Waals surface area contributed by atoms with E-state index in [1.807, 2.05) is 33.2 Å². The Morgan fingerprint density at radius 1 is 1.26 bits per heavy atom. The fourth-order valence-electron chi connectivity index (χ4n) is 2.16. The molecule has 0 amide bonds. The van der Waals surface area contributed by atoms with Crippen LogP contribution < -0.4 is 0 Å². The first kappa shape index (κ1) is 19.8. The number of aromatic nitrogens is 2. The summed E-state index contributed by atoms with van der Waals surface area (Å²) in [6.45, 7) is 17.7. The van der Waals surface area contributed by atoms with Gasteiger partial charge in [-0.3, -0.25) is 9.69 Å². The van der Waals surface area contributed by atoms with Gasteiger partial charge in [-0.1, -0.05) is 20.8 Å². The molecule has 5 nitrogen and oxygen atoms in total. The van der Waals surface area contributed by atoms with Crippen molar-refractivity contribution in [2.24, 2.45) is 5.41 Å². The molecule has 0 aliphatic carbocycles. The number of hydrogen-bond acceptors (Lipinski definition) is 4. The molecule has 0 spiro atoms. The second-order valence-electron chi connectivity index (χ2n) is 7.95. The number of carbonyl (C=O) groups excluding carboxylic acids is 1. The highest BCUT2D eigenvalue weighted by atomic mass is 16.5. The Morgan fingerprint density at radius 3 is 2.43 bits per heavy atom. The van der Waals surface area contributed by atoms with E-state index in [-0.39, 0.29) is 23.3 Å². The standard InChI is InChI=1S/C18H33N3O2/c1-8-20-10-9-19-16(20)13-21(18(5,6)7)11-12-23-14-15(22)17(2,3)4/h9-10H,8,11-14H2,1-7H3. The van der Waals surface area contributed by atoms with E-state index in [9.17, 15) is 4.79 Å². The van der Waals surface area contributed by atoms with Gasteiger partial charge in [0.25, 0.3) is 0 Å². The molecule has 1 heterocycles. The maximum Gasteiger partial charge on any atom is 0.163 e. The summed E-state index contributed by atoms with van der Waals surface area (Å²) in [6.07, 6.45) is 3.85. The molecule has 0 bridgehead atoms. The minimum absolute atomic E-state index is 0.0158. The summed E-state index contributed by atoms with van der Waals surface area (Å²) in [5.74, 6) is 1.20. The van der Waals surface area contributed by atoms with E-state index in [0.29, 0.717) is 6.61 Å². The summed E-state index contributed by atoms with van der Waals surface area (Å²) in [5.41, 5.74) is -0.322. The van der Waals surface area contributed by atoms with Crippen molar-refractivity contribution in [2.45, 2.75) is 67.1 Å². The lowest BCUT2D eigenvalue weighted by Gasteiger charge is -2.35. The summed E-state index contributed by atoms with van der Waals surface area (Å²) in [5, 5.41) is 0. The Labute approximate surface area is 141 Å². The average molecular weight is 323 g/mol. The summed E-state index contributed by atoms with van der Waals surface area (Å²) < 4.78 is 7.76. The van der Waals surface area contributed by atoms with Crippen LogP contribution in [-0.4, -0.2) is 45.5 Å². The van der Waals surface area contributed by atoms with Gasteiger partial charge < -0.3 is 9.30 Å². The predicted molar refractivity (Wildman–Crippen MR) is 93.3 cm³/mol. The van der Waals surface area contributed by atoms with Crippen molar-refractivity contribution < 1.29 is 9.53 Å². The minimum Gasteiger partial charge on any atom is -0.372 e. The van der Waals surface area contributed by atoms with Gasteiger partial charge in [0.05, 0.1) is 13.2 Å². The quantitative estimate of drug-likeness (QED) is 0.690. The molecular formula is C18H33N3O2. The molecule has 5 heteroatoms. The van der Waals surface area contributed by atoms with E-state index in [4.69, 9.17) is 4.74 Å². The summed E-state index contributed by atoms with van der Waals surface area (Å²) in [7, 11) is 0. The van der Waals surface area contributed by atoms with Crippen molar-refractivity contribution >= 4 is 5.78 Å². The van der Waals surface area contributed by atoms with Crippen molar-refractivity contribution in [3.05, 3.63) is 18.2 Å². The number of carbonyl (C=O) groups is 1. The molecular weight excluding hydrogens is 290 g/mol. The van der Waals surface area contributed by atoms with Crippen LogP contribution in [0.2, 0.25) is 0 Å². The molecule has 0 aromatic carbocycles. The molecule has 0 unspecified atom stereocenters. The lowest BCUT2D eigenvalue weighted by molar-refractivity contribution is -0.131. The molecule has 23 heavy (non-hydrogen) atoms. The normalized spacial score (nSPS) is 12.9. The van der Waals surface area contributed by atoms with Crippen LogP contribution in [0.25, 0.3) is 0 Å². The summed E-state index contributed by atoms with van der Waals surface area (Å²) in [6, 6.07) is 0. The largest absolute Gasteiger partial charge is 0.372 e. The van der Waals surface area contributed by atoms with Crippen molar-refractivity contribution in [2.75, 3.05) is 19.8 Å². The van der Waals surface area contributed by atoms with Gasteiger partial charge in [0.2, 0.25) is 0 Å². The van der Waals surface area contributed by atoms with Crippen LogP contribution in [0.5, 0.6) is 0 Å². The molecule has 132 valence electrons. The zero-order valence-corrected chi connectivity index (χ0v) is 15.8. The average Bonchev–Trinajstić information content (AvgIpc) is 2.86. The Balaban J connectivity index is 2.55. The first-order valence-electron chi connectivity index (χ1n) is 8.41.